The highest BCUT2D eigenvalue weighted by Gasteiger charge is 2.27. The predicted molar refractivity (Wildman–Crippen MR) is 243 cm³/mol. The molecule has 0 fully saturated rings. The molecule has 0 aliphatic heterocycles. The number of hydrogen-bond acceptors (Lipinski definition) is 7. The van der Waals surface area contributed by atoms with E-state index in [0.717, 1.165) is 51.4 Å². The number of esters is 2. The first-order valence-electron chi connectivity index (χ1n) is 23.7. The van der Waals surface area contributed by atoms with Crippen molar-refractivity contribution in [3.63, 3.8) is 0 Å². The molecule has 340 valence electrons. The Morgan fingerprint density at radius 3 is 1.41 bits per heavy atom. The maximum atomic E-state index is 12.7. The first kappa shape index (κ1) is 56.2. The Morgan fingerprint density at radius 1 is 0.534 bits per heavy atom. The van der Waals surface area contributed by atoms with Gasteiger partial charge in [-0.25, -0.2) is 4.57 Å². The Balaban J connectivity index is 4.33. The molecule has 0 saturated carbocycles. The second-order valence-electron chi connectivity index (χ2n) is 17.1. The van der Waals surface area contributed by atoms with Crippen molar-refractivity contribution in [2.45, 2.75) is 213 Å². The highest BCUT2D eigenvalue weighted by atomic mass is 31.2. The summed E-state index contributed by atoms with van der Waals surface area (Å²) in [6.45, 7) is 4.39. The third kappa shape index (κ3) is 43.8. The molecule has 0 radical (unpaired) electrons. The van der Waals surface area contributed by atoms with Crippen LogP contribution in [0, 0.1) is 0 Å². The SMILES string of the molecule is CCCCC/C=C/C/C=C/CCCCCCCCCC(=O)O[C@H](COC(=O)CCCCCCCCC/C=C/CCCCCCCC)COP(=O)(O)OCC[N+](C)(C)C. The van der Waals surface area contributed by atoms with E-state index in [4.69, 9.17) is 18.5 Å². The van der Waals surface area contributed by atoms with Crippen LogP contribution in [-0.4, -0.2) is 74.9 Å². The summed E-state index contributed by atoms with van der Waals surface area (Å²) in [5.74, 6) is -0.809. The van der Waals surface area contributed by atoms with Gasteiger partial charge in [-0.2, -0.15) is 0 Å². The van der Waals surface area contributed by atoms with Crippen LogP contribution in [0.1, 0.15) is 206 Å². The third-order valence-electron chi connectivity index (χ3n) is 10.1. The molecule has 0 amide bonds. The molecular formula is C48H91NO8P+. The van der Waals surface area contributed by atoms with Crippen LogP contribution in [-0.2, 0) is 32.7 Å². The van der Waals surface area contributed by atoms with Gasteiger partial charge in [0.2, 0.25) is 0 Å². The van der Waals surface area contributed by atoms with Crippen molar-refractivity contribution in [1.29, 1.82) is 0 Å². The van der Waals surface area contributed by atoms with E-state index in [-0.39, 0.29) is 32.0 Å². The second-order valence-corrected chi connectivity index (χ2v) is 18.6. The normalized spacial score (nSPS) is 13.8. The molecule has 2 atom stereocenters. The van der Waals surface area contributed by atoms with E-state index in [1.165, 1.54) is 122 Å². The van der Waals surface area contributed by atoms with E-state index < -0.39 is 26.5 Å². The number of rotatable bonds is 43. The number of carbonyl (C=O) groups excluding carboxylic acids is 2. The highest BCUT2D eigenvalue weighted by molar-refractivity contribution is 7.47. The van der Waals surface area contributed by atoms with E-state index in [0.29, 0.717) is 17.4 Å². The number of hydrogen-bond donors (Lipinski definition) is 1. The van der Waals surface area contributed by atoms with Crippen molar-refractivity contribution in [3.05, 3.63) is 36.5 Å². The van der Waals surface area contributed by atoms with E-state index in [1.807, 2.05) is 21.1 Å². The third-order valence-corrected chi connectivity index (χ3v) is 11.1. The lowest BCUT2D eigenvalue weighted by Crippen LogP contribution is -2.37. The monoisotopic (exact) mass is 841 g/mol. The second kappa shape index (κ2) is 40.6. The van der Waals surface area contributed by atoms with Gasteiger partial charge in [-0.1, -0.05) is 159 Å². The molecule has 0 aliphatic rings. The van der Waals surface area contributed by atoms with Gasteiger partial charge in [-0.15, -0.1) is 0 Å². The van der Waals surface area contributed by atoms with Gasteiger partial charge in [0.15, 0.2) is 6.10 Å². The van der Waals surface area contributed by atoms with Crippen LogP contribution >= 0.6 is 7.82 Å². The Hall–Kier alpha value is -1.77. The predicted octanol–water partition coefficient (Wildman–Crippen LogP) is 13.7. The van der Waals surface area contributed by atoms with Gasteiger partial charge >= 0.3 is 19.8 Å². The van der Waals surface area contributed by atoms with Gasteiger partial charge in [-0.3, -0.25) is 18.6 Å². The largest absolute Gasteiger partial charge is 0.472 e. The number of ether oxygens (including phenoxy) is 2. The molecule has 0 heterocycles. The Bertz CT molecular complexity index is 1090. The lowest BCUT2D eigenvalue weighted by atomic mass is 10.1. The maximum absolute atomic E-state index is 12.7. The first-order chi connectivity index (χ1) is 28.0. The van der Waals surface area contributed by atoms with Crippen molar-refractivity contribution >= 4 is 19.8 Å². The summed E-state index contributed by atoms with van der Waals surface area (Å²) in [5.41, 5.74) is 0. The Kier molecular flexibility index (Phi) is 39.4. The van der Waals surface area contributed by atoms with Gasteiger partial charge in [0.25, 0.3) is 0 Å². The molecule has 0 aromatic heterocycles. The molecule has 0 bridgehead atoms. The Morgan fingerprint density at radius 2 is 0.931 bits per heavy atom. The molecule has 0 rings (SSSR count). The molecule has 0 aromatic rings. The van der Waals surface area contributed by atoms with Crippen molar-refractivity contribution < 1.29 is 42.1 Å². The minimum absolute atomic E-state index is 0.0294. The lowest BCUT2D eigenvalue weighted by molar-refractivity contribution is -0.870. The fourth-order valence-corrected chi connectivity index (χ4v) is 7.13. The fraction of sp³-hybridized carbons (Fsp3) is 0.833. The minimum atomic E-state index is -4.38. The molecule has 1 N–H and O–H groups in total. The number of quaternary nitrogens is 1. The average molecular weight is 841 g/mol. The van der Waals surface area contributed by atoms with Gasteiger partial charge in [0.1, 0.15) is 19.8 Å². The molecule has 0 saturated heterocycles. The van der Waals surface area contributed by atoms with Crippen molar-refractivity contribution in [2.75, 3.05) is 47.5 Å². The summed E-state index contributed by atoms with van der Waals surface area (Å²) < 4.78 is 34.4. The van der Waals surface area contributed by atoms with Crippen LogP contribution in [0.3, 0.4) is 0 Å². The van der Waals surface area contributed by atoms with Crippen LogP contribution in [0.5, 0.6) is 0 Å². The summed E-state index contributed by atoms with van der Waals surface area (Å²) in [5, 5.41) is 0. The summed E-state index contributed by atoms with van der Waals surface area (Å²) in [6, 6.07) is 0. The molecule has 1 unspecified atom stereocenters. The number of phosphoric ester groups is 1. The molecule has 9 nitrogen and oxygen atoms in total. The van der Waals surface area contributed by atoms with Gasteiger partial charge in [-0.05, 0) is 70.6 Å². The number of nitrogens with zero attached hydrogens (tertiary/aromatic N) is 1. The van der Waals surface area contributed by atoms with Gasteiger partial charge < -0.3 is 18.9 Å². The summed E-state index contributed by atoms with van der Waals surface area (Å²) in [7, 11) is 1.47. The average Bonchev–Trinajstić information content (AvgIpc) is 3.17. The van der Waals surface area contributed by atoms with Crippen LogP contribution < -0.4 is 0 Å². The van der Waals surface area contributed by atoms with E-state index in [9.17, 15) is 19.0 Å². The van der Waals surface area contributed by atoms with E-state index in [2.05, 4.69) is 50.3 Å². The van der Waals surface area contributed by atoms with Crippen molar-refractivity contribution in [1.82, 2.24) is 0 Å². The minimum Gasteiger partial charge on any atom is -0.462 e. The quantitative estimate of drug-likeness (QED) is 0.0213. The lowest BCUT2D eigenvalue weighted by Gasteiger charge is -2.24. The van der Waals surface area contributed by atoms with E-state index in [1.54, 1.807) is 0 Å². The highest BCUT2D eigenvalue weighted by Crippen LogP contribution is 2.43. The smallest absolute Gasteiger partial charge is 0.462 e. The number of likely N-dealkylation sites (N-methyl/N-ethyl adjacent to an activating group) is 1. The topological polar surface area (TPSA) is 108 Å². The summed E-state index contributed by atoms with van der Waals surface area (Å²) in [6.07, 6.45) is 46.1. The van der Waals surface area contributed by atoms with Crippen LogP contribution in [0.25, 0.3) is 0 Å². The molecule has 0 spiro atoms. The molecule has 0 aliphatic carbocycles. The zero-order valence-electron chi connectivity index (χ0n) is 38.3. The Labute approximate surface area is 357 Å². The van der Waals surface area contributed by atoms with Crippen LogP contribution in [0.4, 0.5) is 0 Å². The number of carbonyl (C=O) groups is 2. The fourth-order valence-electron chi connectivity index (χ4n) is 6.39. The molecule has 10 heteroatoms. The maximum Gasteiger partial charge on any atom is 0.472 e. The zero-order valence-corrected chi connectivity index (χ0v) is 39.2. The number of allylic oxidation sites excluding steroid dienone is 6. The van der Waals surface area contributed by atoms with Gasteiger partial charge in [0, 0.05) is 12.8 Å². The summed E-state index contributed by atoms with van der Waals surface area (Å²) in [4.78, 5) is 35.4. The number of unbranched alkanes of at least 4 members (excludes halogenated alkanes) is 23. The molecule has 58 heavy (non-hydrogen) atoms. The molecular weight excluding hydrogens is 750 g/mol. The first-order valence-corrected chi connectivity index (χ1v) is 25.2. The number of phosphoric acid groups is 1. The van der Waals surface area contributed by atoms with Gasteiger partial charge in [0.05, 0.1) is 27.7 Å². The van der Waals surface area contributed by atoms with Crippen molar-refractivity contribution in [2.24, 2.45) is 0 Å². The standard InChI is InChI=1S/C48H90NO8P/c1-6-8-10-12-14-16-18-20-22-24-26-28-30-32-34-36-38-40-47(50)54-44-46(45-56-58(52,53)55-43-42-49(3,4)5)57-48(51)41-39-37-35-33-31-29-27-25-23-21-19-17-15-13-11-9-7-2/h15,17,20-23,46H,6-14,16,18-19,24-45H2,1-5H3/p+1/b17-15+,22-20+,23-21+/t46-/m1/s1. The van der Waals surface area contributed by atoms with Crippen LogP contribution in [0.2, 0.25) is 0 Å². The van der Waals surface area contributed by atoms with Crippen molar-refractivity contribution in [3.8, 4) is 0 Å². The van der Waals surface area contributed by atoms with E-state index >= 15 is 0 Å². The van der Waals surface area contributed by atoms with Crippen LogP contribution in [0.15, 0.2) is 36.5 Å². The zero-order chi connectivity index (χ0) is 42.8. The molecule has 0 aromatic carbocycles. The summed E-state index contributed by atoms with van der Waals surface area (Å²) >= 11 is 0.